The van der Waals surface area contributed by atoms with Crippen LogP contribution in [0.3, 0.4) is 0 Å². The van der Waals surface area contributed by atoms with Crippen molar-refractivity contribution in [2.75, 3.05) is 11.9 Å². The molecule has 0 radical (unpaired) electrons. The van der Waals surface area contributed by atoms with Gasteiger partial charge in [-0.2, -0.15) is 9.98 Å². The normalized spacial score (nSPS) is 11.9. The average molecular weight is 415 g/mol. The minimum absolute atomic E-state index is 0.0926. The molecule has 2 N–H and O–H groups in total. The zero-order chi connectivity index (χ0) is 21.6. The van der Waals surface area contributed by atoms with Crippen LogP contribution in [-0.2, 0) is 24.3 Å². The quantitative estimate of drug-likeness (QED) is 0.667. The molecule has 0 aliphatic heterocycles. The highest BCUT2D eigenvalue weighted by Gasteiger charge is 2.21. The van der Waals surface area contributed by atoms with Crippen molar-refractivity contribution in [2.45, 2.75) is 31.8 Å². The molecule has 0 spiro atoms. The van der Waals surface area contributed by atoms with Crippen molar-refractivity contribution in [1.82, 2.24) is 4.72 Å². The van der Waals surface area contributed by atoms with Crippen LogP contribution in [0.4, 0.5) is 5.69 Å². The summed E-state index contributed by atoms with van der Waals surface area (Å²) in [6, 6.07) is 12.7. The lowest BCUT2D eigenvalue weighted by Crippen LogP contribution is -2.36. The second-order valence-electron chi connectivity index (χ2n) is 6.40. The van der Waals surface area contributed by atoms with Crippen LogP contribution >= 0.6 is 0 Å². The maximum Gasteiger partial charge on any atom is 0.321 e. The van der Waals surface area contributed by atoms with Gasteiger partial charge in [0.1, 0.15) is 6.54 Å². The van der Waals surface area contributed by atoms with Crippen LogP contribution in [0, 0.1) is 25.2 Å². The highest BCUT2D eigenvalue weighted by Crippen LogP contribution is 2.17. The average Bonchev–Trinajstić information content (AvgIpc) is 2.69. The summed E-state index contributed by atoms with van der Waals surface area (Å²) >= 11 is 0. The minimum Gasteiger partial charge on any atom is -0.452 e. The van der Waals surface area contributed by atoms with Crippen LogP contribution in [-0.4, -0.2) is 32.9 Å². The Morgan fingerprint density at radius 3 is 2.41 bits per heavy atom. The lowest BCUT2D eigenvalue weighted by molar-refractivity contribution is -0.151. The fourth-order valence-electron chi connectivity index (χ4n) is 2.34. The third kappa shape index (κ3) is 6.14. The molecule has 29 heavy (non-hydrogen) atoms. The Morgan fingerprint density at radius 1 is 1.14 bits per heavy atom. The molecule has 8 nitrogen and oxygen atoms in total. The van der Waals surface area contributed by atoms with Gasteiger partial charge in [-0.15, -0.1) is 0 Å². The second kappa shape index (κ2) is 9.32. The second-order valence-corrected chi connectivity index (χ2v) is 8.17. The molecular formula is C20H21N3O5S. The molecule has 2 aromatic carbocycles. The van der Waals surface area contributed by atoms with Crippen LogP contribution in [0.25, 0.3) is 0 Å². The van der Waals surface area contributed by atoms with Crippen molar-refractivity contribution in [3.63, 3.8) is 0 Å². The van der Waals surface area contributed by atoms with Crippen LogP contribution in [0.1, 0.15) is 23.6 Å². The number of nitriles is 1. The van der Waals surface area contributed by atoms with Crippen molar-refractivity contribution in [2.24, 2.45) is 0 Å². The lowest BCUT2D eigenvalue weighted by Gasteiger charge is -2.15. The summed E-state index contributed by atoms with van der Waals surface area (Å²) in [4.78, 5) is 24.1. The molecule has 0 heterocycles. The highest BCUT2D eigenvalue weighted by molar-refractivity contribution is 7.89. The summed E-state index contributed by atoms with van der Waals surface area (Å²) < 4.78 is 31.5. The number of hydrogen-bond donors (Lipinski definition) is 2. The molecule has 9 heteroatoms. The third-order valence-corrected chi connectivity index (χ3v) is 5.45. The molecule has 1 amide bonds. The van der Waals surface area contributed by atoms with Gasteiger partial charge in [0.25, 0.3) is 5.91 Å². The van der Waals surface area contributed by atoms with E-state index in [9.17, 15) is 18.0 Å². The van der Waals surface area contributed by atoms with Crippen molar-refractivity contribution in [3.05, 3.63) is 59.2 Å². The number of carbonyl (C=O) groups is 2. The number of anilines is 1. The summed E-state index contributed by atoms with van der Waals surface area (Å²) in [5, 5.41) is 11.4. The first-order valence-corrected chi connectivity index (χ1v) is 10.2. The van der Waals surface area contributed by atoms with E-state index in [-0.39, 0.29) is 4.90 Å². The topological polar surface area (TPSA) is 125 Å². The largest absolute Gasteiger partial charge is 0.452 e. The molecule has 0 aliphatic rings. The van der Waals surface area contributed by atoms with Gasteiger partial charge in [-0.3, -0.25) is 9.59 Å². The first kappa shape index (κ1) is 22.1. The third-order valence-electron chi connectivity index (χ3n) is 4.03. The zero-order valence-electron chi connectivity index (χ0n) is 16.2. The van der Waals surface area contributed by atoms with Crippen molar-refractivity contribution in [1.29, 1.82) is 5.26 Å². The Morgan fingerprint density at radius 2 is 1.79 bits per heavy atom. The van der Waals surface area contributed by atoms with E-state index in [0.29, 0.717) is 11.3 Å². The number of rotatable bonds is 7. The Balaban J connectivity index is 1.91. The lowest BCUT2D eigenvalue weighted by atomic mass is 10.1. The van der Waals surface area contributed by atoms with Gasteiger partial charge in [0.15, 0.2) is 6.10 Å². The number of esters is 1. The van der Waals surface area contributed by atoms with E-state index in [0.717, 1.165) is 11.1 Å². The van der Waals surface area contributed by atoms with Crippen LogP contribution < -0.4 is 10.0 Å². The molecule has 0 fully saturated rings. The summed E-state index contributed by atoms with van der Waals surface area (Å²) in [5.74, 6) is -1.42. The number of ether oxygens (including phenoxy) is 1. The molecule has 0 unspecified atom stereocenters. The molecule has 0 bridgehead atoms. The van der Waals surface area contributed by atoms with Crippen molar-refractivity contribution < 1.29 is 22.7 Å². The highest BCUT2D eigenvalue weighted by atomic mass is 32.2. The molecule has 0 aromatic heterocycles. The predicted molar refractivity (Wildman–Crippen MR) is 106 cm³/mol. The van der Waals surface area contributed by atoms with E-state index in [2.05, 4.69) is 10.0 Å². The Labute approximate surface area is 169 Å². The maximum atomic E-state index is 12.2. The van der Waals surface area contributed by atoms with Crippen molar-refractivity contribution >= 4 is 27.6 Å². The van der Waals surface area contributed by atoms with Gasteiger partial charge in [0.2, 0.25) is 10.0 Å². The first-order valence-electron chi connectivity index (χ1n) is 8.70. The number of nitrogens with zero attached hydrogens (tertiary/aromatic N) is 1. The van der Waals surface area contributed by atoms with E-state index >= 15 is 0 Å². The molecule has 152 valence electrons. The molecule has 0 saturated carbocycles. The number of aryl methyl sites for hydroxylation is 2. The zero-order valence-corrected chi connectivity index (χ0v) is 17.0. The van der Waals surface area contributed by atoms with Gasteiger partial charge in [0, 0.05) is 5.69 Å². The molecule has 1 atom stereocenters. The summed E-state index contributed by atoms with van der Waals surface area (Å²) in [7, 11) is -3.96. The van der Waals surface area contributed by atoms with Crippen LogP contribution in [0.2, 0.25) is 0 Å². The van der Waals surface area contributed by atoms with Crippen molar-refractivity contribution in [3.8, 4) is 6.07 Å². The van der Waals surface area contributed by atoms with Gasteiger partial charge < -0.3 is 10.1 Å². The SMILES string of the molecule is Cc1ccc(C)c(NC(=O)[C@H](C)OC(=O)CNS(=O)(=O)c2ccc(C#N)cc2)c1. The fourth-order valence-corrected chi connectivity index (χ4v) is 3.31. The van der Waals surface area contributed by atoms with Crippen LogP contribution in [0.15, 0.2) is 47.4 Å². The van der Waals surface area contributed by atoms with Gasteiger partial charge >= 0.3 is 5.97 Å². The Hall–Kier alpha value is -3.22. The van der Waals surface area contributed by atoms with Gasteiger partial charge in [-0.05, 0) is 62.2 Å². The molecule has 2 aromatic rings. The van der Waals surface area contributed by atoms with E-state index in [1.807, 2.05) is 32.0 Å². The number of carbonyl (C=O) groups excluding carboxylic acids is 2. The predicted octanol–water partition coefficient (Wildman–Crippen LogP) is 2.02. The smallest absolute Gasteiger partial charge is 0.321 e. The monoisotopic (exact) mass is 415 g/mol. The number of benzene rings is 2. The minimum atomic E-state index is -3.96. The number of sulfonamides is 1. The Kier molecular flexibility index (Phi) is 7.09. The number of nitrogens with one attached hydrogen (secondary N) is 2. The molecule has 0 aliphatic carbocycles. The Bertz CT molecular complexity index is 1060. The van der Waals surface area contributed by atoms with E-state index in [1.54, 1.807) is 6.07 Å². The molecule has 2 rings (SSSR count). The summed E-state index contributed by atoms with van der Waals surface area (Å²) in [5.41, 5.74) is 2.75. The van der Waals surface area contributed by atoms with Gasteiger partial charge in [0.05, 0.1) is 16.5 Å². The fraction of sp³-hybridized carbons (Fsp3) is 0.250. The van der Waals surface area contributed by atoms with Gasteiger partial charge in [-0.25, -0.2) is 8.42 Å². The number of hydrogen-bond acceptors (Lipinski definition) is 6. The molecule has 0 saturated heterocycles. The molecular weight excluding hydrogens is 394 g/mol. The summed E-state index contributed by atoms with van der Waals surface area (Å²) in [6.45, 7) is 4.49. The van der Waals surface area contributed by atoms with E-state index in [1.165, 1.54) is 31.2 Å². The standard InChI is InChI=1S/C20H21N3O5S/c1-13-4-5-14(2)18(10-13)23-20(25)15(3)28-19(24)12-22-29(26,27)17-8-6-16(11-21)7-9-17/h4-10,15,22H,12H2,1-3H3,(H,23,25)/t15-/m0/s1. The van der Waals surface area contributed by atoms with Gasteiger partial charge in [-0.1, -0.05) is 12.1 Å². The first-order chi connectivity index (χ1) is 13.6. The number of amides is 1. The maximum absolute atomic E-state index is 12.2. The van der Waals surface area contributed by atoms with E-state index < -0.39 is 34.5 Å². The van der Waals surface area contributed by atoms with E-state index in [4.69, 9.17) is 10.00 Å². The summed E-state index contributed by atoms with van der Waals surface area (Å²) in [6.07, 6.45) is -1.11. The van der Waals surface area contributed by atoms with Crippen LogP contribution in [0.5, 0.6) is 0 Å².